The molecule has 0 radical (unpaired) electrons. The zero-order chi connectivity index (χ0) is 16.1. The first-order valence-corrected chi connectivity index (χ1v) is 7.45. The van der Waals surface area contributed by atoms with Crippen molar-refractivity contribution in [1.29, 1.82) is 0 Å². The van der Waals surface area contributed by atoms with Crippen LogP contribution in [-0.4, -0.2) is 35.7 Å². The molecule has 1 aliphatic heterocycles. The summed E-state index contributed by atoms with van der Waals surface area (Å²) in [6.45, 7) is 3.76. The van der Waals surface area contributed by atoms with Gasteiger partial charge in [0.25, 0.3) is 5.91 Å². The van der Waals surface area contributed by atoms with Crippen molar-refractivity contribution >= 4 is 11.9 Å². The number of hydrogen-bond acceptors (Lipinski definition) is 4. The van der Waals surface area contributed by atoms with Crippen LogP contribution in [0.25, 0.3) is 0 Å². The van der Waals surface area contributed by atoms with Crippen molar-refractivity contribution in [3.8, 4) is 11.5 Å². The van der Waals surface area contributed by atoms with Crippen LogP contribution in [0.5, 0.6) is 11.5 Å². The minimum atomic E-state index is -0.902. The summed E-state index contributed by atoms with van der Waals surface area (Å²) >= 11 is 0. The molecule has 0 saturated carbocycles. The van der Waals surface area contributed by atoms with Gasteiger partial charge < -0.3 is 19.9 Å². The number of benzene rings is 1. The molecule has 2 rings (SSSR count). The van der Waals surface area contributed by atoms with Crippen molar-refractivity contribution < 1.29 is 24.2 Å². The molecule has 0 saturated heterocycles. The van der Waals surface area contributed by atoms with Crippen molar-refractivity contribution in [2.24, 2.45) is 5.92 Å². The van der Waals surface area contributed by atoms with Gasteiger partial charge in [0.2, 0.25) is 6.10 Å². The van der Waals surface area contributed by atoms with Gasteiger partial charge in [-0.25, -0.2) is 0 Å². The molecule has 22 heavy (non-hydrogen) atoms. The van der Waals surface area contributed by atoms with E-state index < -0.39 is 24.1 Å². The molecule has 1 amide bonds. The Morgan fingerprint density at radius 2 is 1.91 bits per heavy atom. The summed E-state index contributed by atoms with van der Waals surface area (Å²) in [4.78, 5) is 23.3. The van der Waals surface area contributed by atoms with Crippen LogP contribution in [0.4, 0.5) is 0 Å². The third-order valence-electron chi connectivity index (χ3n) is 3.61. The molecule has 3 unspecified atom stereocenters. The molecule has 120 valence electrons. The van der Waals surface area contributed by atoms with Gasteiger partial charge in [-0.2, -0.15) is 0 Å². The molecule has 0 fully saturated rings. The Morgan fingerprint density at radius 3 is 2.50 bits per heavy atom. The Hall–Kier alpha value is -2.24. The number of aliphatic carboxylic acids is 1. The minimum absolute atomic E-state index is 0.0935. The average molecular weight is 307 g/mol. The topological polar surface area (TPSA) is 84.9 Å². The maximum absolute atomic E-state index is 12.2. The van der Waals surface area contributed by atoms with Crippen molar-refractivity contribution in [2.45, 2.75) is 38.9 Å². The second-order valence-electron chi connectivity index (χ2n) is 5.38. The maximum atomic E-state index is 12.2. The van der Waals surface area contributed by atoms with Crippen molar-refractivity contribution in [2.75, 3.05) is 6.54 Å². The predicted octanol–water partition coefficient (Wildman–Crippen LogP) is 1.83. The summed E-state index contributed by atoms with van der Waals surface area (Å²) in [7, 11) is 0. The van der Waals surface area contributed by atoms with Gasteiger partial charge in [-0.05, 0) is 25.5 Å². The van der Waals surface area contributed by atoms with Gasteiger partial charge in [-0.15, -0.1) is 0 Å². The van der Waals surface area contributed by atoms with E-state index in [1.165, 1.54) is 0 Å². The Bertz CT molecular complexity index is 545. The SMILES string of the molecule is CCCC(CNC(=O)C1Oc2ccccc2OC1C)C(=O)O. The lowest BCUT2D eigenvalue weighted by Crippen LogP contribution is -2.50. The third-order valence-corrected chi connectivity index (χ3v) is 3.61. The molecule has 1 aliphatic rings. The summed E-state index contributed by atoms with van der Waals surface area (Å²) in [5, 5.41) is 11.8. The van der Waals surface area contributed by atoms with Crippen molar-refractivity contribution in [3.63, 3.8) is 0 Å². The smallest absolute Gasteiger partial charge is 0.308 e. The standard InChI is InChI=1S/C16H21NO5/c1-3-6-11(16(19)20)9-17-15(18)14-10(2)21-12-7-4-5-8-13(12)22-14/h4-5,7-8,10-11,14H,3,6,9H2,1-2H3,(H,17,18)(H,19,20). The summed E-state index contributed by atoms with van der Waals surface area (Å²) < 4.78 is 11.3. The van der Waals surface area contributed by atoms with Crippen molar-refractivity contribution in [1.82, 2.24) is 5.32 Å². The summed E-state index contributed by atoms with van der Waals surface area (Å²) in [5.74, 6) is -0.718. The van der Waals surface area contributed by atoms with Gasteiger partial charge in [0.1, 0.15) is 6.10 Å². The lowest BCUT2D eigenvalue weighted by Gasteiger charge is -2.31. The van der Waals surface area contributed by atoms with Crippen LogP contribution >= 0.6 is 0 Å². The zero-order valence-corrected chi connectivity index (χ0v) is 12.7. The van der Waals surface area contributed by atoms with Gasteiger partial charge in [-0.1, -0.05) is 25.5 Å². The Morgan fingerprint density at radius 1 is 1.27 bits per heavy atom. The molecule has 6 nitrogen and oxygen atoms in total. The van der Waals surface area contributed by atoms with Gasteiger partial charge in [0.15, 0.2) is 11.5 Å². The van der Waals surface area contributed by atoms with E-state index >= 15 is 0 Å². The summed E-state index contributed by atoms with van der Waals surface area (Å²) in [6.07, 6.45) is 0.0469. The van der Waals surface area contributed by atoms with Gasteiger partial charge in [0, 0.05) is 6.54 Å². The first kappa shape index (κ1) is 16.1. The lowest BCUT2D eigenvalue weighted by atomic mass is 10.0. The predicted molar refractivity (Wildman–Crippen MR) is 80.0 cm³/mol. The number of para-hydroxylation sites is 2. The Balaban J connectivity index is 1.97. The number of ether oxygens (including phenoxy) is 2. The van der Waals surface area contributed by atoms with Gasteiger partial charge >= 0.3 is 5.97 Å². The van der Waals surface area contributed by atoms with Crippen LogP contribution in [0, 0.1) is 5.92 Å². The van der Waals surface area contributed by atoms with E-state index in [1.807, 2.05) is 13.0 Å². The Labute approximate surface area is 129 Å². The average Bonchev–Trinajstić information content (AvgIpc) is 2.50. The normalized spacial score (nSPS) is 21.0. The number of fused-ring (bicyclic) bond motifs is 1. The first-order valence-electron chi connectivity index (χ1n) is 7.45. The van der Waals surface area contributed by atoms with Crippen molar-refractivity contribution in [3.05, 3.63) is 24.3 Å². The number of rotatable bonds is 6. The number of carbonyl (C=O) groups is 2. The molecule has 6 heteroatoms. The van der Waals surface area contributed by atoms with E-state index in [9.17, 15) is 9.59 Å². The number of hydrogen-bond donors (Lipinski definition) is 2. The molecule has 0 spiro atoms. The summed E-state index contributed by atoms with van der Waals surface area (Å²) in [5.41, 5.74) is 0. The highest BCUT2D eigenvalue weighted by Gasteiger charge is 2.34. The molecule has 2 N–H and O–H groups in total. The molecular formula is C16H21NO5. The number of carbonyl (C=O) groups excluding carboxylic acids is 1. The number of amides is 1. The molecule has 3 atom stereocenters. The molecule has 0 aliphatic carbocycles. The summed E-state index contributed by atoms with van der Waals surface area (Å²) in [6, 6.07) is 7.15. The van der Waals surface area contributed by atoms with Crippen LogP contribution in [-0.2, 0) is 9.59 Å². The fourth-order valence-electron chi connectivity index (χ4n) is 2.39. The molecule has 0 aromatic heterocycles. The fraction of sp³-hybridized carbons (Fsp3) is 0.500. The maximum Gasteiger partial charge on any atom is 0.308 e. The van der Waals surface area contributed by atoms with Crippen LogP contribution in [0.3, 0.4) is 0 Å². The number of carboxylic acid groups (broad SMARTS) is 1. The van der Waals surface area contributed by atoms with E-state index in [2.05, 4.69) is 5.32 Å². The van der Waals surface area contributed by atoms with E-state index in [4.69, 9.17) is 14.6 Å². The Kier molecular flexibility index (Phi) is 5.25. The highest BCUT2D eigenvalue weighted by Crippen LogP contribution is 2.33. The molecule has 1 heterocycles. The molecule has 1 aromatic carbocycles. The van der Waals surface area contributed by atoms with Gasteiger partial charge in [0.05, 0.1) is 5.92 Å². The molecule has 1 aromatic rings. The van der Waals surface area contributed by atoms with E-state index in [-0.39, 0.29) is 12.5 Å². The first-order chi connectivity index (χ1) is 10.5. The quantitative estimate of drug-likeness (QED) is 0.837. The minimum Gasteiger partial charge on any atom is -0.482 e. The second-order valence-corrected chi connectivity index (χ2v) is 5.38. The van der Waals surface area contributed by atoms with E-state index in [1.54, 1.807) is 25.1 Å². The van der Waals surface area contributed by atoms with E-state index in [0.29, 0.717) is 17.9 Å². The second kappa shape index (κ2) is 7.15. The molecular weight excluding hydrogens is 286 g/mol. The zero-order valence-electron chi connectivity index (χ0n) is 12.7. The van der Waals surface area contributed by atoms with E-state index in [0.717, 1.165) is 6.42 Å². The monoisotopic (exact) mass is 307 g/mol. The number of nitrogens with one attached hydrogen (secondary N) is 1. The largest absolute Gasteiger partial charge is 0.482 e. The number of carboxylic acids is 1. The lowest BCUT2D eigenvalue weighted by molar-refractivity contribution is -0.142. The van der Waals surface area contributed by atoms with Crippen LogP contribution in [0.15, 0.2) is 24.3 Å². The van der Waals surface area contributed by atoms with Gasteiger partial charge in [-0.3, -0.25) is 9.59 Å². The molecule has 0 bridgehead atoms. The highest BCUT2D eigenvalue weighted by molar-refractivity contribution is 5.83. The third kappa shape index (κ3) is 3.69. The van der Waals surface area contributed by atoms with Crippen LogP contribution in [0.2, 0.25) is 0 Å². The van der Waals surface area contributed by atoms with Crippen LogP contribution < -0.4 is 14.8 Å². The highest BCUT2D eigenvalue weighted by atomic mass is 16.6. The van der Waals surface area contributed by atoms with Crippen LogP contribution in [0.1, 0.15) is 26.7 Å². The fourth-order valence-corrected chi connectivity index (χ4v) is 2.39.